The molecule has 0 bridgehead atoms. The standard InChI is InChI=1S/C18H18Cl2N2/c19-13-4-5-17(20)16(11-13)15-3-1-2-12-10-14-6-7-21-8-9-22(14)18(12)15/h1-5,11,14,21H,6-10H2. The molecular weight excluding hydrogens is 315 g/mol. The van der Waals surface area contributed by atoms with E-state index in [-0.39, 0.29) is 0 Å². The van der Waals surface area contributed by atoms with Crippen LogP contribution >= 0.6 is 23.2 Å². The molecular formula is C18H18Cl2N2. The number of hydrogen-bond donors (Lipinski definition) is 1. The van der Waals surface area contributed by atoms with E-state index in [9.17, 15) is 0 Å². The first-order valence-corrected chi connectivity index (χ1v) is 8.54. The van der Waals surface area contributed by atoms with Crippen LogP contribution in [-0.4, -0.2) is 25.7 Å². The van der Waals surface area contributed by atoms with Crippen LogP contribution in [-0.2, 0) is 6.42 Å². The third-order valence-corrected chi connectivity index (χ3v) is 5.27. The summed E-state index contributed by atoms with van der Waals surface area (Å²) < 4.78 is 0. The molecule has 0 aliphatic carbocycles. The van der Waals surface area contributed by atoms with Crippen LogP contribution in [0.1, 0.15) is 12.0 Å². The molecule has 1 unspecified atom stereocenters. The number of nitrogens with zero attached hydrogens (tertiary/aromatic N) is 1. The third kappa shape index (κ3) is 2.40. The molecule has 2 aliphatic rings. The van der Waals surface area contributed by atoms with Crippen molar-refractivity contribution in [1.82, 2.24) is 5.32 Å². The molecule has 0 spiro atoms. The molecule has 2 aromatic rings. The van der Waals surface area contributed by atoms with E-state index in [1.165, 1.54) is 23.2 Å². The minimum absolute atomic E-state index is 0.601. The summed E-state index contributed by atoms with van der Waals surface area (Å²) in [4.78, 5) is 2.56. The molecule has 0 radical (unpaired) electrons. The molecule has 1 saturated heterocycles. The summed E-state index contributed by atoms with van der Waals surface area (Å²) in [7, 11) is 0. The van der Waals surface area contributed by atoms with Crippen molar-refractivity contribution in [3.63, 3.8) is 0 Å². The second-order valence-electron chi connectivity index (χ2n) is 6.03. The molecule has 2 aliphatic heterocycles. The summed E-state index contributed by atoms with van der Waals surface area (Å²) in [6, 6.07) is 12.9. The van der Waals surface area contributed by atoms with Gasteiger partial charge in [0.15, 0.2) is 0 Å². The van der Waals surface area contributed by atoms with Crippen LogP contribution in [0, 0.1) is 0 Å². The SMILES string of the molecule is Clc1ccc(Cl)c(-c2cccc3c2N2CCNCCC2C3)c1. The molecule has 4 heteroatoms. The van der Waals surface area contributed by atoms with E-state index in [4.69, 9.17) is 23.2 Å². The lowest BCUT2D eigenvalue weighted by Crippen LogP contribution is -2.33. The molecule has 0 amide bonds. The predicted octanol–water partition coefficient (Wildman–Crippen LogP) is 4.38. The molecule has 114 valence electrons. The summed E-state index contributed by atoms with van der Waals surface area (Å²) in [5.41, 5.74) is 5.01. The monoisotopic (exact) mass is 332 g/mol. The maximum absolute atomic E-state index is 6.45. The predicted molar refractivity (Wildman–Crippen MR) is 94.2 cm³/mol. The molecule has 2 heterocycles. The zero-order valence-corrected chi connectivity index (χ0v) is 13.8. The average Bonchev–Trinajstić information content (AvgIpc) is 2.72. The van der Waals surface area contributed by atoms with E-state index in [1.807, 2.05) is 18.2 Å². The lowest BCUT2D eigenvalue weighted by molar-refractivity contribution is 0.612. The molecule has 0 aromatic heterocycles. The zero-order chi connectivity index (χ0) is 15.1. The van der Waals surface area contributed by atoms with Gasteiger partial charge in [0.25, 0.3) is 0 Å². The average molecular weight is 333 g/mol. The lowest BCUT2D eigenvalue weighted by Gasteiger charge is -2.27. The van der Waals surface area contributed by atoms with Crippen molar-refractivity contribution in [2.75, 3.05) is 24.5 Å². The molecule has 1 atom stereocenters. The Kier molecular flexibility index (Phi) is 3.77. The van der Waals surface area contributed by atoms with Gasteiger partial charge in [-0.15, -0.1) is 0 Å². The van der Waals surface area contributed by atoms with Gasteiger partial charge in [-0.2, -0.15) is 0 Å². The highest BCUT2D eigenvalue weighted by Gasteiger charge is 2.32. The van der Waals surface area contributed by atoms with E-state index < -0.39 is 0 Å². The first kappa shape index (κ1) is 14.4. The summed E-state index contributed by atoms with van der Waals surface area (Å²) in [5, 5.41) is 4.98. The molecule has 22 heavy (non-hydrogen) atoms. The van der Waals surface area contributed by atoms with Gasteiger partial charge in [0.1, 0.15) is 0 Å². The highest BCUT2D eigenvalue weighted by molar-refractivity contribution is 6.35. The summed E-state index contributed by atoms with van der Waals surface area (Å²) in [5.74, 6) is 0. The number of anilines is 1. The van der Waals surface area contributed by atoms with Gasteiger partial charge in [0.2, 0.25) is 0 Å². The maximum Gasteiger partial charge on any atom is 0.0486 e. The Labute approximate surface area is 141 Å². The quantitative estimate of drug-likeness (QED) is 0.833. The fraction of sp³-hybridized carbons (Fsp3) is 0.333. The minimum Gasteiger partial charge on any atom is -0.366 e. The number of hydrogen-bond acceptors (Lipinski definition) is 2. The fourth-order valence-electron chi connectivity index (χ4n) is 3.71. The minimum atomic E-state index is 0.601. The Bertz CT molecular complexity index is 714. The van der Waals surface area contributed by atoms with Crippen LogP contribution < -0.4 is 10.2 Å². The first-order chi connectivity index (χ1) is 10.7. The van der Waals surface area contributed by atoms with Gasteiger partial charge in [0, 0.05) is 46.0 Å². The van der Waals surface area contributed by atoms with Crippen LogP contribution in [0.15, 0.2) is 36.4 Å². The smallest absolute Gasteiger partial charge is 0.0486 e. The molecule has 1 fully saturated rings. The maximum atomic E-state index is 6.45. The number of nitrogens with one attached hydrogen (secondary N) is 1. The normalized spacial score (nSPS) is 20.5. The van der Waals surface area contributed by atoms with Crippen molar-refractivity contribution < 1.29 is 0 Å². The van der Waals surface area contributed by atoms with Gasteiger partial charge in [-0.25, -0.2) is 0 Å². The number of fused-ring (bicyclic) bond motifs is 3. The van der Waals surface area contributed by atoms with Crippen molar-refractivity contribution in [1.29, 1.82) is 0 Å². The van der Waals surface area contributed by atoms with Gasteiger partial charge >= 0.3 is 0 Å². The first-order valence-electron chi connectivity index (χ1n) is 7.79. The van der Waals surface area contributed by atoms with Crippen molar-refractivity contribution >= 4 is 28.9 Å². The second kappa shape index (κ2) is 5.77. The number of rotatable bonds is 1. The Morgan fingerprint density at radius 3 is 2.86 bits per heavy atom. The molecule has 1 N–H and O–H groups in total. The highest BCUT2D eigenvalue weighted by Crippen LogP contribution is 2.44. The molecule has 2 nitrogen and oxygen atoms in total. The molecule has 0 saturated carbocycles. The van der Waals surface area contributed by atoms with Gasteiger partial charge in [-0.05, 0) is 43.1 Å². The van der Waals surface area contributed by atoms with E-state index >= 15 is 0 Å². The van der Waals surface area contributed by atoms with Crippen LogP contribution in [0.4, 0.5) is 5.69 Å². The van der Waals surface area contributed by atoms with Crippen LogP contribution in [0.3, 0.4) is 0 Å². The molecule has 4 rings (SSSR count). The van der Waals surface area contributed by atoms with Crippen LogP contribution in [0.2, 0.25) is 10.0 Å². The van der Waals surface area contributed by atoms with Gasteiger partial charge in [0.05, 0.1) is 0 Å². The Morgan fingerprint density at radius 1 is 1.05 bits per heavy atom. The van der Waals surface area contributed by atoms with E-state index in [0.717, 1.165) is 41.7 Å². The van der Waals surface area contributed by atoms with Gasteiger partial charge < -0.3 is 10.2 Å². The topological polar surface area (TPSA) is 15.3 Å². The summed E-state index contributed by atoms with van der Waals surface area (Å²) in [6.45, 7) is 3.18. The van der Waals surface area contributed by atoms with E-state index in [1.54, 1.807) is 0 Å². The van der Waals surface area contributed by atoms with E-state index in [2.05, 4.69) is 28.4 Å². The van der Waals surface area contributed by atoms with E-state index in [0.29, 0.717) is 6.04 Å². The highest BCUT2D eigenvalue weighted by atomic mass is 35.5. The largest absolute Gasteiger partial charge is 0.366 e. The van der Waals surface area contributed by atoms with Crippen LogP contribution in [0.5, 0.6) is 0 Å². The number of para-hydroxylation sites is 1. The summed E-state index contributed by atoms with van der Waals surface area (Å²) in [6.07, 6.45) is 2.32. The molecule has 2 aromatic carbocycles. The second-order valence-corrected chi connectivity index (χ2v) is 6.87. The van der Waals surface area contributed by atoms with Crippen molar-refractivity contribution in [2.24, 2.45) is 0 Å². The Balaban J connectivity index is 1.86. The fourth-order valence-corrected chi connectivity index (χ4v) is 4.10. The van der Waals surface area contributed by atoms with Crippen LogP contribution in [0.25, 0.3) is 11.1 Å². The number of benzene rings is 2. The zero-order valence-electron chi connectivity index (χ0n) is 12.3. The summed E-state index contributed by atoms with van der Waals surface area (Å²) >= 11 is 12.6. The number of halogens is 2. The lowest BCUT2D eigenvalue weighted by atomic mass is 9.99. The van der Waals surface area contributed by atoms with Crippen molar-refractivity contribution in [3.05, 3.63) is 52.0 Å². The van der Waals surface area contributed by atoms with Crippen molar-refractivity contribution in [3.8, 4) is 11.1 Å². The van der Waals surface area contributed by atoms with Gasteiger partial charge in [-0.3, -0.25) is 0 Å². The van der Waals surface area contributed by atoms with Crippen molar-refractivity contribution in [2.45, 2.75) is 18.9 Å². The Morgan fingerprint density at radius 2 is 1.95 bits per heavy atom. The Hall–Kier alpha value is -1.22. The third-order valence-electron chi connectivity index (χ3n) is 4.71. The van der Waals surface area contributed by atoms with Gasteiger partial charge in [-0.1, -0.05) is 41.4 Å².